The summed E-state index contributed by atoms with van der Waals surface area (Å²) in [6.07, 6.45) is 2.81. The first-order valence-electron chi connectivity index (χ1n) is 8.41. The molecule has 1 fully saturated rings. The summed E-state index contributed by atoms with van der Waals surface area (Å²) in [5, 5.41) is 6.51. The van der Waals surface area contributed by atoms with Crippen LogP contribution in [0, 0.1) is 12.8 Å². The van der Waals surface area contributed by atoms with E-state index < -0.39 is 10.8 Å². The maximum Gasteiger partial charge on any atom is 0.253 e. The molecule has 2 heterocycles. The molecule has 1 aromatic heterocycles. The fraction of sp³-hybridized carbons (Fsp3) is 0.389. The molecule has 1 aliphatic rings. The van der Waals surface area contributed by atoms with Crippen molar-refractivity contribution in [3.63, 3.8) is 0 Å². The molecule has 0 bridgehead atoms. The van der Waals surface area contributed by atoms with Crippen molar-refractivity contribution in [2.24, 2.45) is 5.92 Å². The molecule has 7 nitrogen and oxygen atoms in total. The third-order valence-electron chi connectivity index (χ3n) is 4.47. The molecule has 26 heavy (non-hydrogen) atoms. The van der Waals surface area contributed by atoms with E-state index in [0.717, 1.165) is 0 Å². The number of likely N-dealkylation sites (tertiary alicyclic amines) is 1. The van der Waals surface area contributed by atoms with Gasteiger partial charge in [0.15, 0.2) is 5.82 Å². The summed E-state index contributed by atoms with van der Waals surface area (Å²) < 4.78 is 16.4. The van der Waals surface area contributed by atoms with Gasteiger partial charge in [-0.25, -0.2) is 0 Å². The molecule has 8 heteroatoms. The van der Waals surface area contributed by atoms with Crippen LogP contribution in [0.3, 0.4) is 0 Å². The lowest BCUT2D eigenvalue weighted by molar-refractivity contribution is -0.121. The van der Waals surface area contributed by atoms with E-state index in [1.807, 2.05) is 0 Å². The smallest absolute Gasteiger partial charge is 0.253 e. The number of aryl methyl sites for hydroxylation is 1. The van der Waals surface area contributed by atoms with Gasteiger partial charge in [0.2, 0.25) is 5.91 Å². The Balaban J connectivity index is 1.54. The van der Waals surface area contributed by atoms with Gasteiger partial charge in [0.05, 0.1) is 0 Å². The number of nitrogens with one attached hydrogen (secondary N) is 1. The predicted octanol–water partition coefficient (Wildman–Crippen LogP) is 2.21. The van der Waals surface area contributed by atoms with Gasteiger partial charge in [-0.3, -0.25) is 13.8 Å². The second kappa shape index (κ2) is 7.82. The summed E-state index contributed by atoms with van der Waals surface area (Å²) in [6, 6.07) is 8.49. The zero-order valence-corrected chi connectivity index (χ0v) is 15.5. The number of anilines is 1. The molecule has 1 aliphatic heterocycles. The molecule has 0 spiro atoms. The standard InChI is InChI=1S/C18H21N3O4S/c1-12-11-16(20-25-12)19-17(22)13-7-9-21(10-8-13)18(23)14-3-5-15(6-4-14)26(2)24/h3-6,11,13H,7-10H2,1-2H3,(H,19,20,22). The van der Waals surface area contributed by atoms with Crippen molar-refractivity contribution in [2.75, 3.05) is 24.7 Å². The van der Waals surface area contributed by atoms with Crippen LogP contribution < -0.4 is 5.32 Å². The molecule has 1 N–H and O–H groups in total. The summed E-state index contributed by atoms with van der Waals surface area (Å²) in [6.45, 7) is 2.81. The van der Waals surface area contributed by atoms with Crippen LogP contribution in [0.5, 0.6) is 0 Å². The maximum atomic E-state index is 12.6. The van der Waals surface area contributed by atoms with Crippen LogP contribution in [-0.2, 0) is 15.6 Å². The van der Waals surface area contributed by atoms with E-state index in [1.165, 1.54) is 0 Å². The number of nitrogens with zero attached hydrogens (tertiary/aromatic N) is 2. The summed E-state index contributed by atoms with van der Waals surface area (Å²) >= 11 is 0. The minimum atomic E-state index is -1.06. The molecule has 138 valence electrons. The third-order valence-corrected chi connectivity index (χ3v) is 5.40. The molecule has 2 amide bonds. The summed E-state index contributed by atoms with van der Waals surface area (Å²) in [5.74, 6) is 0.739. The van der Waals surface area contributed by atoms with E-state index in [9.17, 15) is 13.8 Å². The number of rotatable bonds is 4. The minimum Gasteiger partial charge on any atom is -0.360 e. The van der Waals surface area contributed by atoms with Crippen molar-refractivity contribution in [2.45, 2.75) is 24.7 Å². The Bertz CT molecular complexity index is 823. The molecule has 0 radical (unpaired) electrons. The molecule has 0 saturated carbocycles. The molecular weight excluding hydrogens is 354 g/mol. The second-order valence-corrected chi connectivity index (χ2v) is 7.74. The average Bonchev–Trinajstić information content (AvgIpc) is 3.06. The van der Waals surface area contributed by atoms with Gasteiger partial charge >= 0.3 is 0 Å². The molecule has 2 aromatic rings. The number of piperidine rings is 1. The Morgan fingerprint density at radius 1 is 1.23 bits per heavy atom. The van der Waals surface area contributed by atoms with Crippen LogP contribution in [-0.4, -0.2) is 45.4 Å². The van der Waals surface area contributed by atoms with Crippen molar-refractivity contribution >= 4 is 28.4 Å². The molecule has 1 unspecified atom stereocenters. The van der Waals surface area contributed by atoms with E-state index >= 15 is 0 Å². The fourth-order valence-corrected chi connectivity index (χ4v) is 3.49. The SMILES string of the molecule is Cc1cc(NC(=O)C2CCN(C(=O)c3ccc(S(C)=O)cc3)CC2)no1. The van der Waals surface area contributed by atoms with Crippen LogP contribution in [0.15, 0.2) is 39.8 Å². The first-order valence-corrected chi connectivity index (χ1v) is 9.97. The predicted molar refractivity (Wildman–Crippen MR) is 97.3 cm³/mol. The van der Waals surface area contributed by atoms with Crippen LogP contribution in [0.2, 0.25) is 0 Å². The maximum absolute atomic E-state index is 12.6. The van der Waals surface area contributed by atoms with Gasteiger partial charge in [-0.05, 0) is 44.0 Å². The van der Waals surface area contributed by atoms with Gasteiger partial charge in [-0.15, -0.1) is 0 Å². The Morgan fingerprint density at radius 2 is 1.88 bits per heavy atom. The third kappa shape index (κ3) is 4.19. The fourth-order valence-electron chi connectivity index (χ4n) is 2.97. The van der Waals surface area contributed by atoms with Crippen molar-refractivity contribution in [1.29, 1.82) is 0 Å². The highest BCUT2D eigenvalue weighted by Gasteiger charge is 2.28. The highest BCUT2D eigenvalue weighted by molar-refractivity contribution is 7.84. The number of amides is 2. The van der Waals surface area contributed by atoms with Gasteiger partial charge < -0.3 is 14.7 Å². The molecule has 3 rings (SSSR count). The monoisotopic (exact) mass is 375 g/mol. The Labute approximate surface area is 154 Å². The van der Waals surface area contributed by atoms with E-state index in [1.54, 1.807) is 48.4 Å². The number of aromatic nitrogens is 1. The first-order chi connectivity index (χ1) is 12.4. The topological polar surface area (TPSA) is 92.5 Å². The normalized spacial score (nSPS) is 16.3. The summed E-state index contributed by atoms with van der Waals surface area (Å²) in [4.78, 5) is 27.3. The van der Waals surface area contributed by atoms with Crippen molar-refractivity contribution in [3.8, 4) is 0 Å². The number of carbonyl (C=O) groups is 2. The Hall–Kier alpha value is -2.48. The minimum absolute atomic E-state index is 0.0654. The largest absolute Gasteiger partial charge is 0.360 e. The van der Waals surface area contributed by atoms with Crippen molar-refractivity contribution < 1.29 is 18.3 Å². The first kappa shape index (κ1) is 18.3. The highest BCUT2D eigenvalue weighted by atomic mass is 32.2. The lowest BCUT2D eigenvalue weighted by Gasteiger charge is -2.31. The van der Waals surface area contributed by atoms with Crippen LogP contribution in [0.4, 0.5) is 5.82 Å². The van der Waals surface area contributed by atoms with Gasteiger partial charge in [-0.1, -0.05) is 5.16 Å². The molecule has 1 aromatic carbocycles. The van der Waals surface area contributed by atoms with Crippen molar-refractivity contribution in [1.82, 2.24) is 10.1 Å². The van der Waals surface area contributed by atoms with E-state index in [2.05, 4.69) is 10.5 Å². The zero-order chi connectivity index (χ0) is 18.7. The van der Waals surface area contributed by atoms with Gasteiger partial charge in [0.25, 0.3) is 5.91 Å². The zero-order valence-electron chi connectivity index (χ0n) is 14.7. The van der Waals surface area contributed by atoms with E-state index in [0.29, 0.717) is 48.0 Å². The highest BCUT2D eigenvalue weighted by Crippen LogP contribution is 2.21. The average molecular weight is 375 g/mol. The van der Waals surface area contributed by atoms with Gasteiger partial charge in [-0.2, -0.15) is 0 Å². The Morgan fingerprint density at radius 3 is 2.42 bits per heavy atom. The second-order valence-electron chi connectivity index (χ2n) is 6.36. The van der Waals surface area contributed by atoms with Crippen LogP contribution >= 0.6 is 0 Å². The number of benzene rings is 1. The number of hydrogen-bond acceptors (Lipinski definition) is 5. The number of carbonyl (C=O) groups excluding carboxylic acids is 2. The number of hydrogen-bond donors (Lipinski definition) is 1. The van der Waals surface area contributed by atoms with Crippen LogP contribution in [0.1, 0.15) is 29.0 Å². The summed E-state index contributed by atoms with van der Waals surface area (Å²) in [7, 11) is -1.06. The molecule has 1 atom stereocenters. The molecule has 0 aliphatic carbocycles. The van der Waals surface area contributed by atoms with E-state index in [-0.39, 0.29) is 17.7 Å². The lowest BCUT2D eigenvalue weighted by atomic mass is 9.95. The van der Waals surface area contributed by atoms with Crippen LogP contribution in [0.25, 0.3) is 0 Å². The molecular formula is C18H21N3O4S. The quantitative estimate of drug-likeness (QED) is 0.884. The summed E-state index contributed by atoms with van der Waals surface area (Å²) in [5.41, 5.74) is 0.570. The van der Waals surface area contributed by atoms with E-state index in [4.69, 9.17) is 4.52 Å². The molecule has 1 saturated heterocycles. The van der Waals surface area contributed by atoms with Crippen molar-refractivity contribution in [3.05, 3.63) is 41.7 Å². The van der Waals surface area contributed by atoms with Gasteiger partial charge in [0, 0.05) is 52.6 Å². The lowest BCUT2D eigenvalue weighted by Crippen LogP contribution is -2.41. The Kier molecular flexibility index (Phi) is 5.51. The van der Waals surface area contributed by atoms with Gasteiger partial charge in [0.1, 0.15) is 5.76 Å².